The number of nitrogens with zero attached hydrogens (tertiary/aromatic N) is 2. The van der Waals surface area contributed by atoms with Crippen molar-refractivity contribution in [3.8, 4) is 0 Å². The molecule has 2 N–H and O–H groups in total. The summed E-state index contributed by atoms with van der Waals surface area (Å²) in [6.07, 6.45) is 2.00. The van der Waals surface area contributed by atoms with E-state index in [1.807, 2.05) is 11.6 Å². The Morgan fingerprint density at radius 3 is 2.82 bits per heavy atom. The third-order valence-corrected chi connectivity index (χ3v) is 3.14. The predicted molar refractivity (Wildman–Crippen MR) is 69.8 cm³/mol. The molecule has 0 aliphatic rings. The molecule has 1 aromatic rings. The maximum atomic E-state index is 8.93. The van der Waals surface area contributed by atoms with Crippen molar-refractivity contribution >= 4 is 0 Å². The monoisotopic (exact) mass is 239 g/mol. The van der Waals surface area contributed by atoms with Crippen molar-refractivity contribution in [2.24, 2.45) is 5.92 Å². The summed E-state index contributed by atoms with van der Waals surface area (Å²) < 4.78 is 2.04. The molecule has 1 atom stereocenters. The topological polar surface area (TPSA) is 50.1 Å². The Bertz CT molecular complexity index is 322. The zero-order chi connectivity index (χ0) is 12.7. The highest BCUT2D eigenvalue weighted by Crippen LogP contribution is 2.07. The SMILES string of the molecule is CCC(CCO)CNCc1cc(C)nn1CC. The van der Waals surface area contributed by atoms with Crippen LogP contribution < -0.4 is 5.32 Å². The maximum Gasteiger partial charge on any atom is 0.0597 e. The van der Waals surface area contributed by atoms with E-state index < -0.39 is 0 Å². The van der Waals surface area contributed by atoms with E-state index in [4.69, 9.17) is 5.11 Å². The van der Waals surface area contributed by atoms with Crippen molar-refractivity contribution < 1.29 is 5.11 Å². The summed E-state index contributed by atoms with van der Waals surface area (Å²) in [6, 6.07) is 2.13. The highest BCUT2D eigenvalue weighted by atomic mass is 16.3. The zero-order valence-corrected chi connectivity index (χ0v) is 11.2. The molecule has 0 bridgehead atoms. The molecule has 0 fully saturated rings. The Morgan fingerprint density at radius 1 is 1.47 bits per heavy atom. The standard InChI is InChI=1S/C13H25N3O/c1-4-12(6-7-17)9-14-10-13-8-11(3)15-16(13)5-2/h8,12,14,17H,4-7,9-10H2,1-3H3. The molecular weight excluding hydrogens is 214 g/mol. The van der Waals surface area contributed by atoms with E-state index in [1.165, 1.54) is 5.69 Å². The molecule has 1 rings (SSSR count). The number of rotatable bonds is 8. The normalized spacial score (nSPS) is 12.9. The number of nitrogens with one attached hydrogen (secondary N) is 1. The highest BCUT2D eigenvalue weighted by Gasteiger charge is 2.07. The maximum absolute atomic E-state index is 8.93. The fourth-order valence-corrected chi connectivity index (χ4v) is 2.05. The Hall–Kier alpha value is -0.870. The van der Waals surface area contributed by atoms with Gasteiger partial charge in [-0.25, -0.2) is 0 Å². The van der Waals surface area contributed by atoms with Crippen LogP contribution in [-0.2, 0) is 13.1 Å². The fourth-order valence-electron chi connectivity index (χ4n) is 2.05. The molecule has 0 aliphatic carbocycles. The molecule has 0 saturated heterocycles. The lowest BCUT2D eigenvalue weighted by Gasteiger charge is -2.14. The third-order valence-electron chi connectivity index (χ3n) is 3.14. The van der Waals surface area contributed by atoms with Crippen LogP contribution in [-0.4, -0.2) is 28.0 Å². The lowest BCUT2D eigenvalue weighted by molar-refractivity contribution is 0.251. The number of aryl methyl sites for hydroxylation is 2. The van der Waals surface area contributed by atoms with Gasteiger partial charge in [-0.3, -0.25) is 4.68 Å². The van der Waals surface area contributed by atoms with Gasteiger partial charge in [0.15, 0.2) is 0 Å². The van der Waals surface area contributed by atoms with Gasteiger partial charge in [0.05, 0.1) is 11.4 Å². The first-order valence-corrected chi connectivity index (χ1v) is 6.56. The predicted octanol–water partition coefficient (Wildman–Crippen LogP) is 1.71. The molecule has 1 unspecified atom stereocenters. The molecular formula is C13H25N3O. The van der Waals surface area contributed by atoms with Crippen molar-refractivity contribution in [1.82, 2.24) is 15.1 Å². The Kier molecular flexibility index (Phi) is 6.22. The van der Waals surface area contributed by atoms with Gasteiger partial charge in [-0.1, -0.05) is 13.3 Å². The van der Waals surface area contributed by atoms with Crippen LogP contribution in [0.15, 0.2) is 6.07 Å². The van der Waals surface area contributed by atoms with Crippen LogP contribution >= 0.6 is 0 Å². The van der Waals surface area contributed by atoms with Gasteiger partial charge in [0.25, 0.3) is 0 Å². The quantitative estimate of drug-likeness (QED) is 0.726. The zero-order valence-electron chi connectivity index (χ0n) is 11.2. The second-order valence-electron chi connectivity index (χ2n) is 4.51. The molecule has 17 heavy (non-hydrogen) atoms. The number of aliphatic hydroxyl groups excluding tert-OH is 1. The van der Waals surface area contributed by atoms with Crippen molar-refractivity contribution in [1.29, 1.82) is 0 Å². The van der Waals surface area contributed by atoms with E-state index in [9.17, 15) is 0 Å². The van der Waals surface area contributed by atoms with E-state index in [2.05, 4.69) is 30.3 Å². The van der Waals surface area contributed by atoms with Gasteiger partial charge in [0.1, 0.15) is 0 Å². The van der Waals surface area contributed by atoms with E-state index >= 15 is 0 Å². The van der Waals surface area contributed by atoms with E-state index in [0.717, 1.165) is 38.2 Å². The molecule has 1 aromatic heterocycles. The van der Waals surface area contributed by atoms with Gasteiger partial charge in [-0.15, -0.1) is 0 Å². The first kappa shape index (κ1) is 14.2. The van der Waals surface area contributed by atoms with Gasteiger partial charge in [0.2, 0.25) is 0 Å². The molecule has 0 amide bonds. The molecule has 0 radical (unpaired) electrons. The minimum Gasteiger partial charge on any atom is -0.396 e. The third kappa shape index (κ3) is 4.48. The van der Waals surface area contributed by atoms with Gasteiger partial charge in [-0.2, -0.15) is 5.10 Å². The summed E-state index contributed by atoms with van der Waals surface area (Å²) in [5, 5.41) is 16.8. The minimum absolute atomic E-state index is 0.284. The number of hydrogen-bond donors (Lipinski definition) is 2. The average molecular weight is 239 g/mol. The molecule has 4 heteroatoms. The second kappa shape index (κ2) is 7.45. The van der Waals surface area contributed by atoms with Crippen LogP contribution in [0.4, 0.5) is 0 Å². The van der Waals surface area contributed by atoms with Crippen molar-refractivity contribution in [2.45, 2.75) is 46.7 Å². The van der Waals surface area contributed by atoms with Crippen LogP contribution in [0.2, 0.25) is 0 Å². The smallest absolute Gasteiger partial charge is 0.0597 e. The van der Waals surface area contributed by atoms with Crippen molar-refractivity contribution in [3.63, 3.8) is 0 Å². The van der Waals surface area contributed by atoms with Gasteiger partial charge >= 0.3 is 0 Å². The van der Waals surface area contributed by atoms with E-state index in [1.54, 1.807) is 0 Å². The molecule has 1 heterocycles. The summed E-state index contributed by atoms with van der Waals surface area (Å²) in [5.74, 6) is 0.569. The van der Waals surface area contributed by atoms with Crippen LogP contribution in [0.1, 0.15) is 38.1 Å². The minimum atomic E-state index is 0.284. The molecule has 4 nitrogen and oxygen atoms in total. The summed E-state index contributed by atoms with van der Waals surface area (Å²) in [5.41, 5.74) is 2.31. The first-order valence-electron chi connectivity index (χ1n) is 6.56. The molecule has 0 saturated carbocycles. The molecule has 0 aromatic carbocycles. The Labute approximate surface area is 104 Å². The summed E-state index contributed by atoms with van der Waals surface area (Å²) in [6.45, 7) is 9.32. The largest absolute Gasteiger partial charge is 0.396 e. The van der Waals surface area contributed by atoms with Crippen molar-refractivity contribution in [2.75, 3.05) is 13.2 Å². The van der Waals surface area contributed by atoms with Crippen LogP contribution in [0.3, 0.4) is 0 Å². The lowest BCUT2D eigenvalue weighted by Crippen LogP contribution is -2.24. The van der Waals surface area contributed by atoms with Crippen LogP contribution in [0.25, 0.3) is 0 Å². The molecule has 0 aliphatic heterocycles. The number of aliphatic hydroxyl groups is 1. The van der Waals surface area contributed by atoms with Crippen LogP contribution in [0, 0.1) is 12.8 Å². The highest BCUT2D eigenvalue weighted by molar-refractivity contribution is 5.08. The average Bonchev–Trinajstić information content (AvgIpc) is 2.68. The van der Waals surface area contributed by atoms with E-state index in [-0.39, 0.29) is 6.61 Å². The summed E-state index contributed by atoms with van der Waals surface area (Å²) >= 11 is 0. The van der Waals surface area contributed by atoms with Crippen LogP contribution in [0.5, 0.6) is 0 Å². The van der Waals surface area contributed by atoms with Gasteiger partial charge < -0.3 is 10.4 Å². The summed E-state index contributed by atoms with van der Waals surface area (Å²) in [7, 11) is 0. The molecule has 0 spiro atoms. The van der Waals surface area contributed by atoms with Crippen molar-refractivity contribution in [3.05, 3.63) is 17.5 Å². The summed E-state index contributed by atoms with van der Waals surface area (Å²) in [4.78, 5) is 0. The fraction of sp³-hybridized carbons (Fsp3) is 0.769. The van der Waals surface area contributed by atoms with E-state index in [0.29, 0.717) is 5.92 Å². The Morgan fingerprint density at radius 2 is 2.24 bits per heavy atom. The van der Waals surface area contributed by atoms with Gasteiger partial charge in [-0.05, 0) is 38.8 Å². The number of hydrogen-bond acceptors (Lipinski definition) is 3. The lowest BCUT2D eigenvalue weighted by atomic mass is 10.0. The first-order chi connectivity index (χ1) is 8.21. The second-order valence-corrected chi connectivity index (χ2v) is 4.51. The molecule has 98 valence electrons. The number of aromatic nitrogens is 2. The van der Waals surface area contributed by atoms with Gasteiger partial charge in [0, 0.05) is 19.7 Å². The Balaban J connectivity index is 2.39.